The Morgan fingerprint density at radius 1 is 1.16 bits per heavy atom. The van der Waals surface area contributed by atoms with Gasteiger partial charge in [0.15, 0.2) is 0 Å². The van der Waals surface area contributed by atoms with Crippen molar-refractivity contribution in [3.8, 4) is 5.75 Å². The molecule has 1 saturated heterocycles. The summed E-state index contributed by atoms with van der Waals surface area (Å²) in [6.07, 6.45) is 5.69. The van der Waals surface area contributed by atoms with Crippen molar-refractivity contribution in [1.82, 2.24) is 10.3 Å². The van der Waals surface area contributed by atoms with Crippen molar-refractivity contribution < 1.29 is 14.3 Å². The van der Waals surface area contributed by atoms with Crippen molar-refractivity contribution >= 4 is 5.91 Å². The van der Waals surface area contributed by atoms with Crippen LogP contribution in [0.3, 0.4) is 0 Å². The first-order valence-corrected chi connectivity index (χ1v) is 8.63. The average molecular weight is 340 g/mol. The van der Waals surface area contributed by atoms with Crippen molar-refractivity contribution in [2.24, 2.45) is 5.92 Å². The van der Waals surface area contributed by atoms with Crippen molar-refractivity contribution in [3.05, 3.63) is 59.9 Å². The fourth-order valence-corrected chi connectivity index (χ4v) is 3.11. The van der Waals surface area contributed by atoms with Gasteiger partial charge in [-0.3, -0.25) is 9.78 Å². The first kappa shape index (κ1) is 17.4. The first-order valence-electron chi connectivity index (χ1n) is 8.63. The molecule has 0 spiro atoms. The summed E-state index contributed by atoms with van der Waals surface area (Å²) in [7, 11) is 1.65. The molecule has 1 aliphatic heterocycles. The third kappa shape index (κ3) is 5.03. The van der Waals surface area contributed by atoms with E-state index in [1.165, 1.54) is 5.56 Å². The molecule has 1 aromatic heterocycles. The zero-order valence-electron chi connectivity index (χ0n) is 14.5. The predicted molar refractivity (Wildman–Crippen MR) is 95.5 cm³/mol. The molecule has 1 N–H and O–H groups in total. The minimum absolute atomic E-state index is 0.0750. The third-order valence-electron chi connectivity index (χ3n) is 4.59. The largest absolute Gasteiger partial charge is 0.497 e. The van der Waals surface area contributed by atoms with E-state index >= 15 is 0 Å². The highest BCUT2D eigenvalue weighted by molar-refractivity contribution is 5.76. The minimum Gasteiger partial charge on any atom is -0.497 e. The third-order valence-corrected chi connectivity index (χ3v) is 4.59. The summed E-state index contributed by atoms with van der Waals surface area (Å²) < 4.78 is 10.7. The van der Waals surface area contributed by atoms with E-state index in [9.17, 15) is 4.79 Å². The quantitative estimate of drug-likeness (QED) is 0.841. The molecule has 1 aromatic carbocycles. The highest BCUT2D eigenvalue weighted by Gasteiger charge is 2.29. The molecule has 25 heavy (non-hydrogen) atoms. The van der Waals surface area contributed by atoms with Gasteiger partial charge >= 0.3 is 0 Å². The second kappa shape index (κ2) is 8.62. The number of ether oxygens (including phenoxy) is 2. The molecule has 2 heterocycles. The molecule has 0 bridgehead atoms. The van der Waals surface area contributed by atoms with Crippen LogP contribution in [0.25, 0.3) is 0 Å². The molecular formula is C20H24N2O3. The van der Waals surface area contributed by atoms with Gasteiger partial charge in [-0.2, -0.15) is 0 Å². The van der Waals surface area contributed by atoms with E-state index in [1.807, 2.05) is 36.4 Å². The van der Waals surface area contributed by atoms with Crippen LogP contribution in [0.5, 0.6) is 5.75 Å². The number of aryl methyl sites for hydroxylation is 1. The molecule has 0 saturated carbocycles. The van der Waals surface area contributed by atoms with Crippen molar-refractivity contribution in [2.75, 3.05) is 20.3 Å². The Morgan fingerprint density at radius 2 is 1.92 bits per heavy atom. The van der Waals surface area contributed by atoms with E-state index < -0.39 is 0 Å². The van der Waals surface area contributed by atoms with E-state index in [4.69, 9.17) is 9.47 Å². The molecule has 2 aromatic rings. The zero-order valence-corrected chi connectivity index (χ0v) is 14.5. The molecule has 3 rings (SSSR count). The summed E-state index contributed by atoms with van der Waals surface area (Å²) in [6, 6.07) is 11.9. The van der Waals surface area contributed by atoms with Crippen molar-refractivity contribution in [2.45, 2.75) is 25.3 Å². The lowest BCUT2D eigenvalue weighted by molar-refractivity contribution is -0.122. The molecule has 1 amide bonds. The summed E-state index contributed by atoms with van der Waals surface area (Å²) in [5.41, 5.74) is 2.36. The molecule has 2 atom stereocenters. The van der Waals surface area contributed by atoms with E-state index in [-0.39, 0.29) is 11.9 Å². The molecule has 5 heteroatoms. The normalized spacial score (nSPS) is 19.6. The van der Waals surface area contributed by atoms with E-state index in [0.717, 1.165) is 24.2 Å². The second-order valence-corrected chi connectivity index (χ2v) is 6.38. The number of amides is 1. The van der Waals surface area contributed by atoms with E-state index in [0.29, 0.717) is 25.6 Å². The number of benzene rings is 1. The van der Waals surface area contributed by atoms with Gasteiger partial charge in [0.1, 0.15) is 5.75 Å². The van der Waals surface area contributed by atoms with Gasteiger partial charge in [0.25, 0.3) is 0 Å². The topological polar surface area (TPSA) is 60.5 Å². The molecule has 5 nitrogen and oxygen atoms in total. The monoisotopic (exact) mass is 340 g/mol. The fourth-order valence-electron chi connectivity index (χ4n) is 3.11. The standard InChI is InChI=1S/C20H24N2O3/c1-24-18-5-2-15(3-6-18)4-7-20(23)22-19-14-25-13-17(19)12-16-8-10-21-11-9-16/h2-3,5-6,8-11,17,19H,4,7,12-14H2,1H3,(H,22,23)/t17-,19+/m1/s1. The number of aromatic nitrogens is 1. The number of nitrogens with zero attached hydrogens (tertiary/aromatic N) is 1. The van der Waals surface area contributed by atoms with Gasteiger partial charge in [-0.25, -0.2) is 0 Å². The SMILES string of the molecule is COc1ccc(CCC(=O)N[C@H]2COC[C@H]2Cc2ccncc2)cc1. The fraction of sp³-hybridized carbons (Fsp3) is 0.400. The lowest BCUT2D eigenvalue weighted by atomic mass is 9.95. The maximum atomic E-state index is 12.3. The smallest absolute Gasteiger partial charge is 0.220 e. The van der Waals surface area contributed by atoms with Gasteiger partial charge in [-0.05, 0) is 48.2 Å². The summed E-state index contributed by atoms with van der Waals surface area (Å²) in [5.74, 6) is 1.22. The number of hydrogen-bond acceptors (Lipinski definition) is 4. The van der Waals surface area contributed by atoms with Crippen molar-refractivity contribution in [3.63, 3.8) is 0 Å². The van der Waals surface area contributed by atoms with Gasteiger partial charge in [0.05, 0.1) is 26.4 Å². The highest BCUT2D eigenvalue weighted by Crippen LogP contribution is 2.19. The lowest BCUT2D eigenvalue weighted by Gasteiger charge is -2.19. The molecule has 0 unspecified atom stereocenters. The van der Waals surface area contributed by atoms with Crippen LogP contribution in [0.4, 0.5) is 0 Å². The maximum absolute atomic E-state index is 12.3. The van der Waals surface area contributed by atoms with Crippen LogP contribution in [0, 0.1) is 5.92 Å². The first-order chi connectivity index (χ1) is 12.2. The summed E-state index contributed by atoms with van der Waals surface area (Å²) >= 11 is 0. The van der Waals surface area contributed by atoms with Gasteiger partial charge < -0.3 is 14.8 Å². The van der Waals surface area contributed by atoms with Crippen LogP contribution >= 0.6 is 0 Å². The number of rotatable bonds is 7. The van der Waals surface area contributed by atoms with Crippen LogP contribution < -0.4 is 10.1 Å². The highest BCUT2D eigenvalue weighted by atomic mass is 16.5. The number of nitrogens with one attached hydrogen (secondary N) is 1. The second-order valence-electron chi connectivity index (χ2n) is 6.38. The lowest BCUT2D eigenvalue weighted by Crippen LogP contribution is -2.40. The Kier molecular flexibility index (Phi) is 6.01. The van der Waals surface area contributed by atoms with Gasteiger partial charge in [-0.1, -0.05) is 12.1 Å². The Morgan fingerprint density at radius 3 is 2.64 bits per heavy atom. The van der Waals surface area contributed by atoms with E-state index in [1.54, 1.807) is 19.5 Å². The Bertz CT molecular complexity index is 673. The van der Waals surface area contributed by atoms with Gasteiger partial charge in [0, 0.05) is 24.7 Å². The Hall–Kier alpha value is -2.40. The number of carbonyl (C=O) groups excluding carboxylic acids is 1. The van der Waals surface area contributed by atoms with Crippen LogP contribution in [0.1, 0.15) is 17.5 Å². The predicted octanol–water partition coefficient (Wildman–Crippen LogP) is 2.40. The summed E-state index contributed by atoms with van der Waals surface area (Å²) in [6.45, 7) is 1.27. The minimum atomic E-state index is 0.0750. The number of hydrogen-bond donors (Lipinski definition) is 1. The number of carbonyl (C=O) groups is 1. The van der Waals surface area contributed by atoms with E-state index in [2.05, 4.69) is 10.3 Å². The number of pyridine rings is 1. The van der Waals surface area contributed by atoms with Crippen LogP contribution in [0.15, 0.2) is 48.8 Å². The molecule has 1 fully saturated rings. The van der Waals surface area contributed by atoms with Crippen LogP contribution in [-0.4, -0.2) is 37.3 Å². The Balaban J connectivity index is 1.47. The Labute approximate surface area is 148 Å². The zero-order chi connectivity index (χ0) is 17.5. The molecule has 132 valence electrons. The van der Waals surface area contributed by atoms with Gasteiger partial charge in [-0.15, -0.1) is 0 Å². The molecule has 0 aliphatic carbocycles. The maximum Gasteiger partial charge on any atom is 0.220 e. The number of methoxy groups -OCH3 is 1. The van der Waals surface area contributed by atoms with Crippen molar-refractivity contribution in [1.29, 1.82) is 0 Å². The summed E-state index contributed by atoms with van der Waals surface area (Å²) in [5, 5.41) is 3.14. The molecule has 1 aliphatic rings. The molecule has 0 radical (unpaired) electrons. The van der Waals surface area contributed by atoms with Crippen LogP contribution in [-0.2, 0) is 22.4 Å². The molecular weight excluding hydrogens is 316 g/mol. The average Bonchev–Trinajstić information content (AvgIpc) is 3.08. The van der Waals surface area contributed by atoms with Gasteiger partial charge in [0.2, 0.25) is 5.91 Å². The summed E-state index contributed by atoms with van der Waals surface area (Å²) in [4.78, 5) is 16.3. The van der Waals surface area contributed by atoms with Crippen LogP contribution in [0.2, 0.25) is 0 Å².